The van der Waals surface area contributed by atoms with E-state index in [4.69, 9.17) is 4.74 Å². The molecule has 1 amide bonds. The van der Waals surface area contributed by atoms with Crippen LogP contribution in [0.2, 0.25) is 0 Å². The first-order valence-corrected chi connectivity index (χ1v) is 6.31. The molecule has 1 atom stereocenters. The molecule has 1 N–H and O–H groups in total. The summed E-state index contributed by atoms with van der Waals surface area (Å²) in [5.74, 6) is 0.858. The standard InChI is InChI=1S/C14H19NO3/c1-10(2)18-13-6-3-11(4-7-13)15-9-12(16)5-8-14(15)17/h3-4,6-7,10,12,16H,5,8-9H2,1-2H3. The van der Waals surface area contributed by atoms with Gasteiger partial charge in [-0.15, -0.1) is 0 Å². The zero-order valence-electron chi connectivity index (χ0n) is 10.8. The van der Waals surface area contributed by atoms with Gasteiger partial charge in [-0.05, 0) is 44.5 Å². The van der Waals surface area contributed by atoms with E-state index in [1.165, 1.54) is 0 Å². The number of β-amino-alcohol motifs (C(OH)–C–C–N with tert-alkyl or cyclic N) is 1. The van der Waals surface area contributed by atoms with Crippen LogP contribution in [0.25, 0.3) is 0 Å². The second kappa shape index (κ2) is 5.40. The van der Waals surface area contributed by atoms with Crippen LogP contribution in [-0.4, -0.2) is 29.8 Å². The smallest absolute Gasteiger partial charge is 0.227 e. The normalized spacial score (nSPS) is 20.3. The Hall–Kier alpha value is -1.55. The van der Waals surface area contributed by atoms with E-state index in [0.29, 0.717) is 19.4 Å². The van der Waals surface area contributed by atoms with Gasteiger partial charge in [0, 0.05) is 12.1 Å². The van der Waals surface area contributed by atoms with Crippen LogP contribution < -0.4 is 9.64 Å². The lowest BCUT2D eigenvalue weighted by Crippen LogP contribution is -2.42. The minimum absolute atomic E-state index is 0.0674. The topological polar surface area (TPSA) is 49.8 Å². The van der Waals surface area contributed by atoms with E-state index >= 15 is 0 Å². The third-order valence-electron chi connectivity index (χ3n) is 2.91. The summed E-state index contributed by atoms with van der Waals surface area (Å²) in [5, 5.41) is 9.61. The Morgan fingerprint density at radius 1 is 1.33 bits per heavy atom. The van der Waals surface area contributed by atoms with E-state index in [1.807, 2.05) is 38.1 Å². The Labute approximate surface area is 107 Å². The van der Waals surface area contributed by atoms with Crippen LogP contribution in [0.4, 0.5) is 5.69 Å². The predicted molar refractivity (Wildman–Crippen MR) is 69.8 cm³/mol. The van der Waals surface area contributed by atoms with E-state index in [2.05, 4.69) is 0 Å². The van der Waals surface area contributed by atoms with Gasteiger partial charge in [0.05, 0.1) is 18.8 Å². The fourth-order valence-electron chi connectivity index (χ4n) is 2.06. The zero-order chi connectivity index (χ0) is 13.1. The molecule has 1 aromatic rings. The van der Waals surface area contributed by atoms with E-state index in [1.54, 1.807) is 4.90 Å². The molecule has 1 fully saturated rings. The molecular weight excluding hydrogens is 230 g/mol. The lowest BCUT2D eigenvalue weighted by molar-refractivity contribution is -0.121. The Morgan fingerprint density at radius 2 is 2.00 bits per heavy atom. The van der Waals surface area contributed by atoms with Crippen molar-refractivity contribution in [3.05, 3.63) is 24.3 Å². The number of aliphatic hydroxyl groups excluding tert-OH is 1. The summed E-state index contributed by atoms with van der Waals surface area (Å²) >= 11 is 0. The lowest BCUT2D eigenvalue weighted by atomic mass is 10.1. The highest BCUT2D eigenvalue weighted by molar-refractivity contribution is 5.94. The first kappa shape index (κ1) is 12.9. The van der Waals surface area contributed by atoms with Gasteiger partial charge in [0.25, 0.3) is 0 Å². The van der Waals surface area contributed by atoms with Crippen molar-refractivity contribution in [2.75, 3.05) is 11.4 Å². The van der Waals surface area contributed by atoms with Gasteiger partial charge in [-0.25, -0.2) is 0 Å². The molecule has 0 spiro atoms. The molecule has 98 valence electrons. The highest BCUT2D eigenvalue weighted by Crippen LogP contribution is 2.24. The maximum Gasteiger partial charge on any atom is 0.227 e. The lowest BCUT2D eigenvalue weighted by Gasteiger charge is -2.30. The molecule has 1 aliphatic heterocycles. The van der Waals surface area contributed by atoms with Crippen LogP contribution in [0.1, 0.15) is 26.7 Å². The van der Waals surface area contributed by atoms with Crippen molar-refractivity contribution in [1.82, 2.24) is 0 Å². The number of carbonyl (C=O) groups is 1. The number of aliphatic hydroxyl groups is 1. The summed E-state index contributed by atoms with van der Waals surface area (Å²) in [6, 6.07) is 7.41. The van der Waals surface area contributed by atoms with Crippen molar-refractivity contribution in [2.45, 2.75) is 38.9 Å². The van der Waals surface area contributed by atoms with Crippen molar-refractivity contribution >= 4 is 11.6 Å². The number of nitrogens with zero attached hydrogens (tertiary/aromatic N) is 1. The summed E-state index contributed by atoms with van der Waals surface area (Å²) < 4.78 is 5.55. The summed E-state index contributed by atoms with van der Waals surface area (Å²) in [5.41, 5.74) is 0.815. The average Bonchev–Trinajstić information content (AvgIpc) is 2.33. The number of piperidine rings is 1. The fourth-order valence-corrected chi connectivity index (χ4v) is 2.06. The van der Waals surface area contributed by atoms with E-state index in [9.17, 15) is 9.90 Å². The number of benzene rings is 1. The van der Waals surface area contributed by atoms with Gasteiger partial charge < -0.3 is 14.7 Å². The van der Waals surface area contributed by atoms with Gasteiger partial charge in [0.1, 0.15) is 5.75 Å². The predicted octanol–water partition coefficient (Wildman–Crippen LogP) is 1.96. The SMILES string of the molecule is CC(C)Oc1ccc(N2CC(O)CCC2=O)cc1. The van der Waals surface area contributed by atoms with Crippen molar-refractivity contribution < 1.29 is 14.6 Å². The molecule has 0 aromatic heterocycles. The van der Waals surface area contributed by atoms with Gasteiger partial charge in [0.2, 0.25) is 5.91 Å². The quantitative estimate of drug-likeness (QED) is 0.891. The van der Waals surface area contributed by atoms with Crippen LogP contribution in [0, 0.1) is 0 Å². The summed E-state index contributed by atoms with van der Waals surface area (Å²) in [7, 11) is 0. The zero-order valence-corrected chi connectivity index (χ0v) is 10.8. The second-order valence-corrected chi connectivity index (χ2v) is 4.86. The Balaban J connectivity index is 2.10. The molecule has 1 unspecified atom stereocenters. The summed E-state index contributed by atoms with van der Waals surface area (Å²) in [6.07, 6.45) is 0.679. The molecule has 1 saturated heterocycles. The third-order valence-corrected chi connectivity index (χ3v) is 2.91. The monoisotopic (exact) mass is 249 g/mol. The molecule has 0 aliphatic carbocycles. The molecule has 1 heterocycles. The summed E-state index contributed by atoms with van der Waals surface area (Å²) in [4.78, 5) is 13.4. The third kappa shape index (κ3) is 3.01. The van der Waals surface area contributed by atoms with Crippen LogP contribution in [0.5, 0.6) is 5.75 Å². The van der Waals surface area contributed by atoms with Crippen LogP contribution in [-0.2, 0) is 4.79 Å². The Kier molecular flexibility index (Phi) is 3.87. The molecule has 4 heteroatoms. The largest absolute Gasteiger partial charge is 0.491 e. The minimum Gasteiger partial charge on any atom is -0.491 e. The maximum atomic E-state index is 11.8. The molecule has 18 heavy (non-hydrogen) atoms. The maximum absolute atomic E-state index is 11.8. The van der Waals surface area contributed by atoms with Gasteiger partial charge in [-0.2, -0.15) is 0 Å². The van der Waals surface area contributed by atoms with E-state index in [-0.39, 0.29) is 12.0 Å². The number of carbonyl (C=O) groups excluding carboxylic acids is 1. The molecule has 1 aromatic carbocycles. The fraction of sp³-hybridized carbons (Fsp3) is 0.500. The van der Waals surface area contributed by atoms with Crippen molar-refractivity contribution in [1.29, 1.82) is 0 Å². The molecule has 0 saturated carbocycles. The first-order chi connectivity index (χ1) is 8.56. The number of hydrogen-bond donors (Lipinski definition) is 1. The van der Waals surface area contributed by atoms with Crippen LogP contribution in [0.15, 0.2) is 24.3 Å². The number of anilines is 1. The molecule has 2 rings (SSSR count). The van der Waals surface area contributed by atoms with E-state index in [0.717, 1.165) is 11.4 Å². The van der Waals surface area contributed by atoms with Gasteiger partial charge in [-0.1, -0.05) is 0 Å². The number of amides is 1. The Morgan fingerprint density at radius 3 is 2.61 bits per heavy atom. The van der Waals surface area contributed by atoms with Crippen LogP contribution in [0.3, 0.4) is 0 Å². The van der Waals surface area contributed by atoms with Gasteiger partial charge in [0.15, 0.2) is 0 Å². The number of rotatable bonds is 3. The summed E-state index contributed by atoms with van der Waals surface area (Å²) in [6.45, 7) is 4.32. The first-order valence-electron chi connectivity index (χ1n) is 6.31. The Bertz CT molecular complexity index is 414. The minimum atomic E-state index is -0.422. The van der Waals surface area contributed by atoms with Crippen molar-refractivity contribution in [3.8, 4) is 5.75 Å². The number of hydrogen-bond acceptors (Lipinski definition) is 3. The van der Waals surface area contributed by atoms with Gasteiger partial charge >= 0.3 is 0 Å². The molecule has 4 nitrogen and oxygen atoms in total. The molecule has 0 bridgehead atoms. The highest BCUT2D eigenvalue weighted by atomic mass is 16.5. The average molecular weight is 249 g/mol. The second-order valence-electron chi connectivity index (χ2n) is 4.86. The highest BCUT2D eigenvalue weighted by Gasteiger charge is 2.25. The van der Waals surface area contributed by atoms with Crippen molar-refractivity contribution in [2.24, 2.45) is 0 Å². The molecular formula is C14H19NO3. The van der Waals surface area contributed by atoms with Gasteiger partial charge in [-0.3, -0.25) is 4.79 Å². The van der Waals surface area contributed by atoms with Crippen LogP contribution >= 0.6 is 0 Å². The molecule has 1 aliphatic rings. The molecule has 0 radical (unpaired) electrons. The number of ether oxygens (including phenoxy) is 1. The van der Waals surface area contributed by atoms with Crippen molar-refractivity contribution in [3.63, 3.8) is 0 Å². The van der Waals surface area contributed by atoms with E-state index < -0.39 is 6.10 Å².